The van der Waals surface area contributed by atoms with Gasteiger partial charge in [-0.3, -0.25) is 0 Å². The predicted octanol–water partition coefficient (Wildman–Crippen LogP) is 3.89. The second-order valence-electron chi connectivity index (χ2n) is 6.14. The smallest absolute Gasteiger partial charge is 0.338 e. The zero-order valence-electron chi connectivity index (χ0n) is 13.9. The van der Waals surface area contributed by atoms with Crippen LogP contribution >= 0.6 is 15.9 Å². The van der Waals surface area contributed by atoms with E-state index >= 15 is 0 Å². The Balaban J connectivity index is 1.93. The Morgan fingerprint density at radius 1 is 1.13 bits per heavy atom. The SMILES string of the molecule is CC1C(COC(=O)c2ccccc2)OC(OCCBr)C(C)C1C. The maximum Gasteiger partial charge on any atom is 0.338 e. The Morgan fingerprint density at radius 2 is 1.83 bits per heavy atom. The molecule has 0 radical (unpaired) electrons. The van der Waals surface area contributed by atoms with Gasteiger partial charge in [0.15, 0.2) is 6.29 Å². The second kappa shape index (κ2) is 8.81. The molecular weight excluding hydrogens is 360 g/mol. The van der Waals surface area contributed by atoms with Crippen LogP contribution in [-0.4, -0.2) is 36.9 Å². The van der Waals surface area contributed by atoms with Crippen LogP contribution < -0.4 is 0 Å². The van der Waals surface area contributed by atoms with E-state index < -0.39 is 0 Å². The quantitative estimate of drug-likeness (QED) is 0.551. The third-order valence-corrected chi connectivity index (χ3v) is 5.05. The molecule has 5 heteroatoms. The van der Waals surface area contributed by atoms with Crippen molar-refractivity contribution in [2.24, 2.45) is 17.8 Å². The summed E-state index contributed by atoms with van der Waals surface area (Å²) in [6.07, 6.45) is -0.395. The topological polar surface area (TPSA) is 44.8 Å². The molecule has 1 fully saturated rings. The van der Waals surface area contributed by atoms with Crippen molar-refractivity contribution in [2.45, 2.75) is 33.2 Å². The van der Waals surface area contributed by atoms with Crippen LogP contribution in [-0.2, 0) is 14.2 Å². The highest BCUT2D eigenvalue weighted by atomic mass is 79.9. The summed E-state index contributed by atoms with van der Waals surface area (Å²) in [6.45, 7) is 7.34. The van der Waals surface area contributed by atoms with Crippen LogP contribution in [0.1, 0.15) is 31.1 Å². The molecule has 2 rings (SSSR count). The Kier molecular flexibility index (Phi) is 7.06. The van der Waals surface area contributed by atoms with Crippen molar-refractivity contribution in [3.05, 3.63) is 35.9 Å². The van der Waals surface area contributed by atoms with Gasteiger partial charge in [0, 0.05) is 11.2 Å². The molecule has 5 atom stereocenters. The number of benzene rings is 1. The Labute approximate surface area is 146 Å². The molecule has 5 unspecified atom stereocenters. The summed E-state index contributed by atoms with van der Waals surface area (Å²) in [5, 5.41) is 0.775. The molecule has 0 bridgehead atoms. The molecule has 1 aliphatic rings. The average molecular weight is 385 g/mol. The molecule has 0 aromatic heterocycles. The van der Waals surface area contributed by atoms with E-state index in [1.807, 2.05) is 18.2 Å². The standard InChI is InChI=1S/C18H25BrO4/c1-12-13(2)16(23-18(14(12)3)21-10-9-19)11-22-17(20)15-7-5-4-6-8-15/h4-8,12-14,16,18H,9-11H2,1-3H3. The Morgan fingerprint density at radius 3 is 2.48 bits per heavy atom. The normalized spacial score (nSPS) is 30.9. The number of hydrogen-bond donors (Lipinski definition) is 0. The van der Waals surface area contributed by atoms with Crippen LogP contribution in [0.5, 0.6) is 0 Å². The molecule has 4 nitrogen and oxygen atoms in total. The highest BCUT2D eigenvalue weighted by Crippen LogP contribution is 2.35. The number of carbonyl (C=O) groups is 1. The molecular formula is C18H25BrO4. The van der Waals surface area contributed by atoms with Crippen molar-refractivity contribution in [2.75, 3.05) is 18.5 Å². The lowest BCUT2D eigenvalue weighted by Crippen LogP contribution is -2.48. The van der Waals surface area contributed by atoms with Gasteiger partial charge in [-0.1, -0.05) is 54.9 Å². The first-order valence-electron chi connectivity index (χ1n) is 8.09. The first-order chi connectivity index (χ1) is 11.0. The molecule has 1 saturated heterocycles. The van der Waals surface area contributed by atoms with Crippen molar-refractivity contribution in [3.8, 4) is 0 Å². The van der Waals surface area contributed by atoms with Gasteiger partial charge in [-0.2, -0.15) is 0 Å². The third kappa shape index (κ3) is 4.78. The lowest BCUT2D eigenvalue weighted by atomic mass is 9.79. The summed E-state index contributed by atoms with van der Waals surface area (Å²) in [7, 11) is 0. The molecule has 1 aliphatic heterocycles. The monoisotopic (exact) mass is 384 g/mol. The Bertz CT molecular complexity index is 493. The number of carbonyl (C=O) groups excluding carboxylic acids is 1. The Hall–Kier alpha value is -0.910. The number of ether oxygens (including phenoxy) is 3. The van der Waals surface area contributed by atoms with Gasteiger partial charge in [-0.25, -0.2) is 4.79 Å². The number of esters is 1. The minimum atomic E-state index is -0.314. The van der Waals surface area contributed by atoms with Gasteiger partial charge in [0.05, 0.1) is 18.3 Å². The minimum absolute atomic E-state index is 0.144. The zero-order chi connectivity index (χ0) is 16.8. The van der Waals surface area contributed by atoms with Gasteiger partial charge in [0.1, 0.15) is 6.61 Å². The molecule has 0 saturated carbocycles. The summed E-state index contributed by atoms with van der Waals surface area (Å²) >= 11 is 3.36. The number of rotatable bonds is 6. The van der Waals surface area contributed by atoms with E-state index in [-0.39, 0.29) is 25.0 Å². The van der Waals surface area contributed by atoms with Crippen LogP contribution in [0, 0.1) is 17.8 Å². The van der Waals surface area contributed by atoms with Crippen LogP contribution in [0.4, 0.5) is 0 Å². The van der Waals surface area contributed by atoms with Crippen molar-refractivity contribution >= 4 is 21.9 Å². The lowest BCUT2D eigenvalue weighted by Gasteiger charge is -2.43. The molecule has 23 heavy (non-hydrogen) atoms. The van der Waals surface area contributed by atoms with Crippen molar-refractivity contribution in [1.82, 2.24) is 0 Å². The molecule has 1 aromatic carbocycles. The van der Waals surface area contributed by atoms with Crippen molar-refractivity contribution in [3.63, 3.8) is 0 Å². The second-order valence-corrected chi connectivity index (χ2v) is 6.94. The first-order valence-corrected chi connectivity index (χ1v) is 9.22. The maximum atomic E-state index is 12.1. The number of alkyl halides is 1. The summed E-state index contributed by atoms with van der Waals surface area (Å²) in [5.41, 5.74) is 0.560. The van der Waals surface area contributed by atoms with E-state index in [0.717, 1.165) is 5.33 Å². The minimum Gasteiger partial charge on any atom is -0.459 e. The molecule has 0 amide bonds. The van der Waals surface area contributed by atoms with Crippen LogP contribution in [0.3, 0.4) is 0 Å². The van der Waals surface area contributed by atoms with E-state index in [2.05, 4.69) is 36.7 Å². The fourth-order valence-electron chi connectivity index (χ4n) is 2.84. The number of hydrogen-bond acceptors (Lipinski definition) is 4. The van der Waals surface area contributed by atoms with Gasteiger partial charge < -0.3 is 14.2 Å². The van der Waals surface area contributed by atoms with E-state index in [4.69, 9.17) is 14.2 Å². The van der Waals surface area contributed by atoms with Gasteiger partial charge in [-0.15, -0.1) is 0 Å². The summed E-state index contributed by atoms with van der Waals surface area (Å²) < 4.78 is 17.3. The molecule has 0 N–H and O–H groups in total. The molecule has 1 heterocycles. The maximum absolute atomic E-state index is 12.1. The van der Waals surface area contributed by atoms with Crippen LogP contribution in [0.25, 0.3) is 0 Å². The van der Waals surface area contributed by atoms with Gasteiger partial charge in [-0.05, 0) is 24.0 Å². The van der Waals surface area contributed by atoms with Crippen LogP contribution in [0.2, 0.25) is 0 Å². The van der Waals surface area contributed by atoms with Crippen molar-refractivity contribution in [1.29, 1.82) is 0 Å². The molecule has 128 valence electrons. The highest BCUT2D eigenvalue weighted by molar-refractivity contribution is 9.09. The fourth-order valence-corrected chi connectivity index (χ4v) is 3.03. The van der Waals surface area contributed by atoms with E-state index in [1.54, 1.807) is 12.1 Å². The number of halogens is 1. The largest absolute Gasteiger partial charge is 0.459 e. The summed E-state index contributed by atoms with van der Waals surface area (Å²) in [5.74, 6) is 0.734. The fraction of sp³-hybridized carbons (Fsp3) is 0.611. The van der Waals surface area contributed by atoms with Crippen LogP contribution in [0.15, 0.2) is 30.3 Å². The van der Waals surface area contributed by atoms with Crippen molar-refractivity contribution < 1.29 is 19.0 Å². The first kappa shape index (κ1) is 18.4. The predicted molar refractivity (Wildman–Crippen MR) is 92.6 cm³/mol. The van der Waals surface area contributed by atoms with E-state index in [0.29, 0.717) is 29.9 Å². The molecule has 0 aliphatic carbocycles. The third-order valence-electron chi connectivity index (χ3n) is 4.73. The zero-order valence-corrected chi connectivity index (χ0v) is 15.5. The van der Waals surface area contributed by atoms with E-state index in [9.17, 15) is 4.79 Å². The van der Waals surface area contributed by atoms with Gasteiger partial charge in [0.25, 0.3) is 0 Å². The van der Waals surface area contributed by atoms with Gasteiger partial charge in [0.2, 0.25) is 0 Å². The summed E-state index contributed by atoms with van der Waals surface area (Å²) in [4.78, 5) is 12.1. The van der Waals surface area contributed by atoms with E-state index in [1.165, 1.54) is 0 Å². The molecule has 1 aromatic rings. The summed E-state index contributed by atoms with van der Waals surface area (Å²) in [6, 6.07) is 9.02. The highest BCUT2D eigenvalue weighted by Gasteiger charge is 2.40. The lowest BCUT2D eigenvalue weighted by molar-refractivity contribution is -0.251. The van der Waals surface area contributed by atoms with Gasteiger partial charge >= 0.3 is 5.97 Å². The average Bonchev–Trinajstić information content (AvgIpc) is 2.58. The molecule has 0 spiro atoms.